The van der Waals surface area contributed by atoms with E-state index in [0.717, 1.165) is 72.2 Å². The van der Waals surface area contributed by atoms with E-state index in [2.05, 4.69) is 34.5 Å². The van der Waals surface area contributed by atoms with Crippen LogP contribution in [-0.4, -0.2) is 26.0 Å². The second kappa shape index (κ2) is 10.9. The lowest BCUT2D eigenvalue weighted by Gasteiger charge is -2.40. The maximum atomic E-state index is 11.1. The van der Waals surface area contributed by atoms with E-state index in [9.17, 15) is 4.79 Å². The third-order valence-electron chi connectivity index (χ3n) is 7.61. The summed E-state index contributed by atoms with van der Waals surface area (Å²) in [6, 6.07) is 11.6. The SMILES string of the molecule is C=C(CCCC1(CCC)CCC(CC(=O)O)CC1)c1ccc(-c2nc3ccc(C#N)cc3[nH]2)cn1. The van der Waals surface area contributed by atoms with E-state index in [1.54, 1.807) is 12.1 Å². The molecule has 1 aliphatic rings. The van der Waals surface area contributed by atoms with Crippen LogP contribution in [0.3, 0.4) is 0 Å². The highest BCUT2D eigenvalue weighted by Crippen LogP contribution is 2.47. The minimum Gasteiger partial charge on any atom is -0.481 e. The quantitative estimate of drug-likeness (QED) is 0.328. The Morgan fingerprint density at radius 1 is 1.26 bits per heavy atom. The number of H-pyrrole nitrogens is 1. The van der Waals surface area contributed by atoms with Gasteiger partial charge in [-0.15, -0.1) is 0 Å². The number of aromatic amines is 1. The molecule has 2 aromatic heterocycles. The number of benzene rings is 1. The Balaban J connectivity index is 1.33. The Morgan fingerprint density at radius 2 is 2.06 bits per heavy atom. The first-order chi connectivity index (χ1) is 16.9. The molecule has 1 fully saturated rings. The predicted molar refractivity (Wildman–Crippen MR) is 138 cm³/mol. The van der Waals surface area contributed by atoms with Crippen molar-refractivity contribution < 1.29 is 9.90 Å². The number of carbonyl (C=O) groups is 1. The Hall–Kier alpha value is -3.46. The first-order valence-corrected chi connectivity index (χ1v) is 12.7. The standard InChI is InChI=1S/C29H34N4O2/c1-3-12-29(14-10-21(11-15-29)17-27(34)35)13-4-5-20(2)24-9-7-23(19-31-24)28-32-25-8-6-22(18-30)16-26(25)33-28/h6-9,16,19,21H,2-5,10-15,17H2,1H3,(H,32,33)(H,34,35). The van der Waals surface area contributed by atoms with Crippen LogP contribution in [0.15, 0.2) is 43.1 Å². The van der Waals surface area contributed by atoms with Gasteiger partial charge in [0.25, 0.3) is 0 Å². The highest BCUT2D eigenvalue weighted by atomic mass is 16.4. The number of nitriles is 1. The topological polar surface area (TPSA) is 103 Å². The molecule has 6 heteroatoms. The van der Waals surface area contributed by atoms with Crippen molar-refractivity contribution in [3.8, 4) is 17.5 Å². The number of aromatic nitrogens is 3. The molecule has 0 bridgehead atoms. The number of pyridine rings is 1. The fraction of sp³-hybridized carbons (Fsp3) is 0.448. The van der Waals surface area contributed by atoms with E-state index in [4.69, 9.17) is 10.4 Å². The molecular weight excluding hydrogens is 436 g/mol. The third-order valence-corrected chi connectivity index (χ3v) is 7.61. The van der Waals surface area contributed by atoms with Gasteiger partial charge >= 0.3 is 5.97 Å². The van der Waals surface area contributed by atoms with Crippen LogP contribution in [-0.2, 0) is 4.79 Å². The van der Waals surface area contributed by atoms with E-state index in [0.29, 0.717) is 23.3 Å². The number of hydrogen-bond donors (Lipinski definition) is 2. The fourth-order valence-corrected chi connectivity index (χ4v) is 5.66. The number of aliphatic carboxylic acids is 1. The number of nitrogens with one attached hydrogen (secondary N) is 1. The van der Waals surface area contributed by atoms with Gasteiger partial charge in [0.1, 0.15) is 5.82 Å². The van der Waals surface area contributed by atoms with E-state index in [-0.39, 0.29) is 0 Å². The van der Waals surface area contributed by atoms with Crippen molar-refractivity contribution in [2.45, 2.75) is 71.1 Å². The van der Waals surface area contributed by atoms with E-state index in [1.165, 1.54) is 19.3 Å². The Bertz CT molecular complexity index is 1230. The van der Waals surface area contributed by atoms with Crippen LogP contribution in [0.25, 0.3) is 28.0 Å². The average Bonchev–Trinajstić information content (AvgIpc) is 3.29. The maximum absolute atomic E-state index is 11.1. The van der Waals surface area contributed by atoms with Crippen molar-refractivity contribution in [3.63, 3.8) is 0 Å². The zero-order valence-electron chi connectivity index (χ0n) is 20.5. The Labute approximate surface area is 207 Å². The molecule has 0 atom stereocenters. The van der Waals surface area contributed by atoms with E-state index >= 15 is 0 Å². The molecule has 4 rings (SSSR count). The molecule has 35 heavy (non-hydrogen) atoms. The normalized spacial score (nSPS) is 19.9. The number of hydrogen-bond acceptors (Lipinski definition) is 4. The van der Waals surface area contributed by atoms with E-state index in [1.807, 2.05) is 24.4 Å². The molecule has 3 aromatic rings. The van der Waals surface area contributed by atoms with Crippen molar-refractivity contribution in [2.24, 2.45) is 11.3 Å². The minimum absolute atomic E-state index is 0.315. The summed E-state index contributed by atoms with van der Waals surface area (Å²) in [4.78, 5) is 23.6. The van der Waals surface area contributed by atoms with Crippen molar-refractivity contribution in [3.05, 3.63) is 54.4 Å². The number of carboxylic acid groups (broad SMARTS) is 1. The van der Waals surface area contributed by atoms with Crippen LogP contribution in [0.5, 0.6) is 0 Å². The summed E-state index contributed by atoms with van der Waals surface area (Å²) in [5, 5.41) is 18.2. The first-order valence-electron chi connectivity index (χ1n) is 12.7. The van der Waals surface area contributed by atoms with Crippen LogP contribution < -0.4 is 0 Å². The average molecular weight is 471 g/mol. The molecule has 2 heterocycles. The molecule has 1 aromatic carbocycles. The third kappa shape index (κ3) is 5.97. The van der Waals surface area contributed by atoms with E-state index < -0.39 is 5.97 Å². The van der Waals surface area contributed by atoms with Gasteiger partial charge in [-0.25, -0.2) is 4.98 Å². The van der Waals surface area contributed by atoms with Crippen molar-refractivity contribution >= 4 is 22.6 Å². The summed E-state index contributed by atoms with van der Waals surface area (Å²) in [6.45, 7) is 6.55. The fourth-order valence-electron chi connectivity index (χ4n) is 5.66. The van der Waals surface area contributed by atoms with Gasteiger partial charge in [0.15, 0.2) is 0 Å². The molecular formula is C29H34N4O2. The summed E-state index contributed by atoms with van der Waals surface area (Å²) in [6.07, 6.45) is 12.1. The second-order valence-electron chi connectivity index (χ2n) is 10.1. The predicted octanol–water partition coefficient (Wildman–Crippen LogP) is 7.13. The number of carboxylic acids is 1. The number of nitrogens with zero attached hydrogens (tertiary/aromatic N) is 3. The van der Waals surface area contributed by atoms with Crippen molar-refractivity contribution in [1.29, 1.82) is 5.26 Å². The number of fused-ring (bicyclic) bond motifs is 1. The smallest absolute Gasteiger partial charge is 0.303 e. The molecule has 182 valence electrons. The van der Waals surface area contributed by atoms with Gasteiger partial charge in [-0.1, -0.05) is 19.9 Å². The molecule has 0 unspecified atom stereocenters. The molecule has 6 nitrogen and oxygen atoms in total. The second-order valence-corrected chi connectivity index (χ2v) is 10.1. The first kappa shape index (κ1) is 24.7. The lowest BCUT2D eigenvalue weighted by Crippen LogP contribution is -2.28. The van der Waals surface area contributed by atoms with Crippen LogP contribution in [0.4, 0.5) is 0 Å². The molecule has 1 aliphatic carbocycles. The van der Waals surface area contributed by atoms with Crippen LogP contribution >= 0.6 is 0 Å². The largest absolute Gasteiger partial charge is 0.481 e. The van der Waals surface area contributed by atoms with Gasteiger partial charge in [-0.2, -0.15) is 5.26 Å². The monoisotopic (exact) mass is 470 g/mol. The van der Waals surface area contributed by atoms with Crippen molar-refractivity contribution in [1.82, 2.24) is 15.0 Å². The molecule has 1 saturated carbocycles. The summed E-state index contributed by atoms with van der Waals surface area (Å²) >= 11 is 0. The number of allylic oxidation sites excluding steroid dienone is 1. The highest BCUT2D eigenvalue weighted by molar-refractivity contribution is 5.80. The summed E-state index contributed by atoms with van der Waals surface area (Å²) in [7, 11) is 0. The summed E-state index contributed by atoms with van der Waals surface area (Å²) in [5.41, 5.74) is 5.48. The lowest BCUT2D eigenvalue weighted by molar-refractivity contribution is -0.138. The van der Waals surface area contributed by atoms with Crippen molar-refractivity contribution in [2.75, 3.05) is 0 Å². The Kier molecular flexibility index (Phi) is 7.65. The molecule has 0 saturated heterocycles. The molecule has 2 N–H and O–H groups in total. The van der Waals surface area contributed by atoms with Crippen LogP contribution in [0.1, 0.15) is 82.4 Å². The van der Waals surface area contributed by atoms with Gasteiger partial charge in [-0.05, 0) is 98.6 Å². The maximum Gasteiger partial charge on any atom is 0.303 e. The molecule has 0 spiro atoms. The van der Waals surface area contributed by atoms with Gasteiger partial charge in [0.2, 0.25) is 0 Å². The minimum atomic E-state index is -0.665. The molecule has 0 aliphatic heterocycles. The number of rotatable bonds is 10. The zero-order valence-corrected chi connectivity index (χ0v) is 20.5. The highest BCUT2D eigenvalue weighted by Gasteiger charge is 2.34. The van der Waals surface area contributed by atoms with Crippen LogP contribution in [0, 0.1) is 22.7 Å². The number of imidazole rings is 1. The lowest BCUT2D eigenvalue weighted by atomic mass is 9.65. The summed E-state index contributed by atoms with van der Waals surface area (Å²) in [5.74, 6) is 0.413. The van der Waals surface area contributed by atoms with Gasteiger partial charge in [0, 0.05) is 18.2 Å². The van der Waals surface area contributed by atoms with Gasteiger partial charge < -0.3 is 10.1 Å². The zero-order chi connectivity index (χ0) is 24.8. The molecule has 0 amide bonds. The van der Waals surface area contributed by atoms with Gasteiger partial charge in [0.05, 0.1) is 28.4 Å². The summed E-state index contributed by atoms with van der Waals surface area (Å²) < 4.78 is 0. The van der Waals surface area contributed by atoms with Gasteiger partial charge in [-0.3, -0.25) is 9.78 Å². The molecule has 0 radical (unpaired) electrons. The Morgan fingerprint density at radius 3 is 2.71 bits per heavy atom. The van der Waals surface area contributed by atoms with Crippen LogP contribution in [0.2, 0.25) is 0 Å².